The van der Waals surface area contributed by atoms with Gasteiger partial charge in [-0.25, -0.2) is 12.8 Å². The topological polar surface area (TPSA) is 9.23 Å². The van der Waals surface area contributed by atoms with Crippen LogP contribution in [0.5, 0.6) is 0 Å². The van der Waals surface area contributed by atoms with Crippen molar-refractivity contribution in [1.29, 1.82) is 0 Å². The molecule has 0 bridgehead atoms. The van der Waals surface area contributed by atoms with Crippen molar-refractivity contribution >= 4 is 13.6 Å². The zero-order valence-electron chi connectivity index (χ0n) is 6.31. The summed E-state index contributed by atoms with van der Waals surface area (Å²) in [5.74, 6) is 0. The molecule has 3 heteroatoms. The Morgan fingerprint density at radius 1 is 1.10 bits per heavy atom. The van der Waals surface area contributed by atoms with E-state index in [-0.39, 0.29) is 0 Å². The van der Waals surface area contributed by atoms with E-state index in [1.54, 1.807) is 0 Å². The van der Waals surface area contributed by atoms with Crippen LogP contribution in [0, 0.1) is 6.42 Å². The molecule has 56 valence electrons. The quantitative estimate of drug-likeness (QED) is 0.479. The summed E-state index contributed by atoms with van der Waals surface area (Å²) < 4.78 is 4.94. The van der Waals surface area contributed by atoms with Crippen LogP contribution in [0.25, 0.3) is 0 Å². The maximum absolute atomic E-state index is 4.94. The number of hydrogen-bond acceptors (Lipinski definition) is 1. The predicted molar refractivity (Wildman–Crippen MR) is 42.5 cm³/mol. The average Bonchev–Trinajstić information content (AvgIpc) is 2.78. The molecule has 1 heterocycles. The fourth-order valence-corrected chi connectivity index (χ4v) is 0.510. The van der Waals surface area contributed by atoms with Gasteiger partial charge in [-0.2, -0.15) is 0 Å². The van der Waals surface area contributed by atoms with Crippen LogP contribution in [0.2, 0.25) is 0 Å². The molecule has 1 nitrogen and oxygen atoms in total. The van der Waals surface area contributed by atoms with Crippen LogP contribution in [-0.2, 0) is 21.1 Å². The zero-order valence-corrected chi connectivity index (χ0v) is 10.9. The van der Waals surface area contributed by atoms with Gasteiger partial charge in [0.25, 0.3) is 0 Å². The summed E-state index contributed by atoms with van der Waals surface area (Å²) in [6.07, 6.45) is 7.56. The van der Waals surface area contributed by atoms with Crippen molar-refractivity contribution in [3.8, 4) is 0 Å². The van der Waals surface area contributed by atoms with Crippen LogP contribution in [0.3, 0.4) is 0 Å². The van der Waals surface area contributed by atoms with Crippen LogP contribution in [0.15, 0.2) is 0 Å². The fourth-order valence-electron chi connectivity index (χ4n) is 0.510. The van der Waals surface area contributed by atoms with E-state index >= 15 is 0 Å². The summed E-state index contributed by atoms with van der Waals surface area (Å²) in [6, 6.07) is 0. The molecule has 1 saturated carbocycles. The first kappa shape index (κ1) is 11.1. The molecule has 0 aromatic rings. The van der Waals surface area contributed by atoms with Gasteiger partial charge in [-0.3, -0.25) is 0 Å². The third-order valence-electron chi connectivity index (χ3n) is 1.12. The molecule has 0 N–H and O–H groups in total. The molecule has 0 aromatic heterocycles. The summed E-state index contributed by atoms with van der Waals surface area (Å²) in [6.45, 7) is 2.00. The number of rotatable bonds is 0. The monoisotopic (exact) mass is 256 g/mol. The Bertz CT molecular complexity index is 45.2. The predicted octanol–water partition coefficient (Wildman–Crippen LogP) is 2.62. The van der Waals surface area contributed by atoms with Crippen LogP contribution >= 0.6 is 13.6 Å². The first-order valence-electron chi connectivity index (χ1n) is 3.66. The fraction of sp³-hybridized carbons (Fsp3) is 0.857. The van der Waals surface area contributed by atoms with Gasteiger partial charge in [-0.15, -0.1) is 0 Å². The molecule has 0 aromatic carbocycles. The third kappa shape index (κ3) is 11.8. The van der Waals surface area contributed by atoms with Gasteiger partial charge in [0.2, 0.25) is 0 Å². The summed E-state index contributed by atoms with van der Waals surface area (Å²) in [7, 11) is 0. The molecule has 2 rings (SSSR count). The molecule has 2 aliphatic rings. The first-order chi connectivity index (χ1) is 5.00. The van der Waals surface area contributed by atoms with Gasteiger partial charge in [-0.1, -0.05) is 0 Å². The van der Waals surface area contributed by atoms with Crippen LogP contribution in [-0.4, -0.2) is 13.2 Å². The summed E-state index contributed by atoms with van der Waals surface area (Å²) in [5.41, 5.74) is 0. The first-order valence-corrected chi connectivity index (χ1v) is 10.6. The molecule has 0 spiro atoms. The maximum atomic E-state index is 4.94. The second-order valence-corrected chi connectivity index (χ2v) is 2.19. The zero-order chi connectivity index (χ0) is 7.66. The van der Waals surface area contributed by atoms with Crippen molar-refractivity contribution < 1.29 is 21.1 Å². The van der Waals surface area contributed by atoms with Gasteiger partial charge < -0.3 is 11.2 Å². The van der Waals surface area contributed by atoms with Gasteiger partial charge in [0.15, 0.2) is 0 Å². The van der Waals surface area contributed by atoms with Crippen LogP contribution in [0.4, 0.5) is 0 Å². The Labute approximate surface area is 79.9 Å². The van der Waals surface area contributed by atoms with Crippen LogP contribution in [0.1, 0.15) is 25.7 Å². The second kappa shape index (κ2) is 10.1. The molecular formula is C7H13BrOZn. The van der Waals surface area contributed by atoms with Crippen LogP contribution < -0.4 is 0 Å². The second-order valence-electron chi connectivity index (χ2n) is 2.19. The Kier molecular flexibility index (Phi) is 11.1. The van der Waals surface area contributed by atoms with E-state index in [2.05, 4.69) is 20.0 Å². The normalized spacial score (nSPS) is 19.9. The summed E-state index contributed by atoms with van der Waals surface area (Å²) in [4.78, 5) is 0. The molecule has 0 radical (unpaired) electrons. The summed E-state index contributed by atoms with van der Waals surface area (Å²) in [5, 5.41) is 0. The molecule has 2 fully saturated rings. The minimum atomic E-state index is 1.00. The third-order valence-corrected chi connectivity index (χ3v) is 1.12. The molecule has 0 unspecified atom stereocenters. The van der Waals surface area contributed by atoms with Gasteiger partial charge >= 0.3 is 30.0 Å². The SMILES string of the molecule is C1CCOC1.[CH-]1CC1.[Zn+][Br]. The van der Waals surface area contributed by atoms with E-state index in [0.717, 1.165) is 13.2 Å². The van der Waals surface area contributed by atoms with Gasteiger partial charge in [-0.05, 0) is 12.8 Å². The minimum absolute atomic E-state index is 1.00. The Balaban J connectivity index is 0.000000140. The van der Waals surface area contributed by atoms with Crippen molar-refractivity contribution in [2.75, 3.05) is 13.2 Å². The molecule has 0 atom stereocenters. The summed E-state index contributed by atoms with van der Waals surface area (Å²) >= 11 is 4.25. The van der Waals surface area contributed by atoms with E-state index in [9.17, 15) is 0 Å². The average molecular weight is 258 g/mol. The Morgan fingerprint density at radius 3 is 1.60 bits per heavy atom. The van der Waals surface area contributed by atoms with E-state index < -0.39 is 0 Å². The van der Waals surface area contributed by atoms with E-state index in [1.807, 2.05) is 0 Å². The number of ether oxygens (including phenoxy) is 1. The van der Waals surface area contributed by atoms with E-state index in [1.165, 1.54) is 42.0 Å². The van der Waals surface area contributed by atoms with E-state index in [4.69, 9.17) is 4.74 Å². The van der Waals surface area contributed by atoms with Crippen molar-refractivity contribution in [2.24, 2.45) is 0 Å². The molecule has 1 saturated heterocycles. The van der Waals surface area contributed by atoms with E-state index in [0.29, 0.717) is 0 Å². The number of hydrogen-bond donors (Lipinski definition) is 0. The molecule has 0 amide bonds. The molecular weight excluding hydrogens is 245 g/mol. The standard InChI is InChI=1S/C4H8O.C3H5.BrH.Zn/c1-2-4-5-3-1;1-2-3-1;;/h1-4H2;1H,2-3H2;1H;/q;-1;;+2/p-1. The number of halogens is 1. The van der Waals surface area contributed by atoms with Gasteiger partial charge in [0.1, 0.15) is 0 Å². The molecule has 1 aliphatic carbocycles. The van der Waals surface area contributed by atoms with Gasteiger partial charge in [0, 0.05) is 13.2 Å². The Hall–Kier alpha value is 1.06. The van der Waals surface area contributed by atoms with Crippen molar-refractivity contribution in [3.05, 3.63) is 6.42 Å². The van der Waals surface area contributed by atoms with Crippen molar-refractivity contribution in [2.45, 2.75) is 25.7 Å². The van der Waals surface area contributed by atoms with Crippen molar-refractivity contribution in [3.63, 3.8) is 0 Å². The van der Waals surface area contributed by atoms with Gasteiger partial charge in [0.05, 0.1) is 0 Å². The Morgan fingerprint density at radius 2 is 1.50 bits per heavy atom. The molecule has 1 aliphatic heterocycles. The van der Waals surface area contributed by atoms with Crippen molar-refractivity contribution in [1.82, 2.24) is 0 Å². The molecule has 10 heavy (non-hydrogen) atoms.